The summed E-state index contributed by atoms with van der Waals surface area (Å²) in [6, 6.07) is 4.28. The van der Waals surface area contributed by atoms with E-state index in [1.165, 1.54) is 12.4 Å². The van der Waals surface area contributed by atoms with E-state index in [0.29, 0.717) is 13.1 Å². The van der Waals surface area contributed by atoms with Crippen molar-refractivity contribution in [1.82, 2.24) is 15.0 Å². The molecule has 1 saturated heterocycles. The molecule has 1 aliphatic rings. The molecule has 24 heavy (non-hydrogen) atoms. The summed E-state index contributed by atoms with van der Waals surface area (Å²) in [5.41, 5.74) is -0.0643. The maximum atomic E-state index is 12.7. The van der Waals surface area contributed by atoms with Crippen molar-refractivity contribution < 1.29 is 17.9 Å². The summed E-state index contributed by atoms with van der Waals surface area (Å²) in [6.45, 7) is 1.13. The number of rotatable bonds is 3. The van der Waals surface area contributed by atoms with E-state index in [0.717, 1.165) is 28.3 Å². The first-order valence-corrected chi connectivity index (χ1v) is 8.02. The average molecular weight is 352 g/mol. The summed E-state index contributed by atoms with van der Waals surface area (Å²) in [7, 11) is 0. The van der Waals surface area contributed by atoms with E-state index in [9.17, 15) is 13.2 Å². The summed E-state index contributed by atoms with van der Waals surface area (Å²) in [5.74, 6) is 1.01. The van der Waals surface area contributed by atoms with E-state index < -0.39 is 11.9 Å². The van der Waals surface area contributed by atoms with Crippen molar-refractivity contribution >= 4 is 27.4 Å². The van der Waals surface area contributed by atoms with Gasteiger partial charge in [-0.3, -0.25) is 4.98 Å². The Morgan fingerprint density at radius 2 is 2.00 bits per heavy atom. The van der Waals surface area contributed by atoms with Crippen LogP contribution in [-0.2, 0) is 6.18 Å². The van der Waals surface area contributed by atoms with Crippen molar-refractivity contribution in [2.45, 2.75) is 12.3 Å². The van der Waals surface area contributed by atoms with Crippen LogP contribution < -0.4 is 9.64 Å². The largest absolute Gasteiger partial charge is 0.487 e. The van der Waals surface area contributed by atoms with Crippen LogP contribution >= 0.6 is 11.3 Å². The molecule has 4 heterocycles. The molecule has 0 amide bonds. The fourth-order valence-corrected chi connectivity index (χ4v) is 3.38. The lowest BCUT2D eigenvalue weighted by atomic mass is 10.1. The number of anilines is 1. The fourth-order valence-electron chi connectivity index (χ4n) is 2.52. The number of nitrogens with zero attached hydrogens (tertiary/aromatic N) is 4. The van der Waals surface area contributed by atoms with Crippen LogP contribution in [0.5, 0.6) is 5.75 Å². The number of alkyl halides is 3. The predicted molar refractivity (Wildman–Crippen MR) is 83.3 cm³/mol. The normalized spacial score (nSPS) is 15.5. The van der Waals surface area contributed by atoms with E-state index in [2.05, 4.69) is 15.0 Å². The van der Waals surface area contributed by atoms with Gasteiger partial charge in [0.15, 0.2) is 0 Å². The highest BCUT2D eigenvalue weighted by molar-refractivity contribution is 7.17. The number of ether oxygens (including phenoxy) is 1. The number of pyridine rings is 1. The minimum Gasteiger partial charge on any atom is -0.487 e. The van der Waals surface area contributed by atoms with Gasteiger partial charge in [-0.05, 0) is 17.5 Å². The standard InChI is InChI=1S/C15H11F3N4OS/c16-15(17,18)12-5-9(1-3-19-12)23-10-6-22(7-10)14-13-11(2-4-24-13)20-8-21-14/h1-5,8,10H,6-7H2. The minimum absolute atomic E-state index is 0.172. The van der Waals surface area contributed by atoms with Crippen LogP contribution in [0.4, 0.5) is 19.0 Å². The molecule has 0 saturated carbocycles. The quantitative estimate of drug-likeness (QED) is 0.723. The van der Waals surface area contributed by atoms with Crippen LogP contribution in [0.15, 0.2) is 36.1 Å². The van der Waals surface area contributed by atoms with Crippen LogP contribution in [0.3, 0.4) is 0 Å². The van der Waals surface area contributed by atoms with E-state index in [1.54, 1.807) is 11.3 Å². The molecule has 0 aliphatic carbocycles. The average Bonchev–Trinajstić information content (AvgIpc) is 2.99. The van der Waals surface area contributed by atoms with Crippen molar-refractivity contribution in [2.75, 3.05) is 18.0 Å². The van der Waals surface area contributed by atoms with Crippen molar-refractivity contribution in [2.24, 2.45) is 0 Å². The first-order valence-electron chi connectivity index (χ1n) is 7.14. The Labute approximate surface area is 138 Å². The van der Waals surface area contributed by atoms with E-state index in [4.69, 9.17) is 4.74 Å². The molecule has 4 rings (SSSR count). The van der Waals surface area contributed by atoms with Gasteiger partial charge >= 0.3 is 6.18 Å². The van der Waals surface area contributed by atoms with Gasteiger partial charge in [-0.25, -0.2) is 9.97 Å². The third-order valence-electron chi connectivity index (χ3n) is 3.70. The molecule has 0 aromatic carbocycles. The molecule has 124 valence electrons. The molecule has 0 atom stereocenters. The van der Waals surface area contributed by atoms with Gasteiger partial charge in [0.2, 0.25) is 0 Å². The number of aromatic nitrogens is 3. The lowest BCUT2D eigenvalue weighted by Gasteiger charge is -2.39. The maximum absolute atomic E-state index is 12.7. The molecule has 1 fully saturated rings. The summed E-state index contributed by atoms with van der Waals surface area (Å²) in [4.78, 5) is 13.8. The van der Waals surface area contributed by atoms with Gasteiger partial charge in [0.1, 0.15) is 29.7 Å². The summed E-state index contributed by atoms with van der Waals surface area (Å²) < 4.78 is 44.6. The van der Waals surface area contributed by atoms with Gasteiger partial charge in [-0.15, -0.1) is 11.3 Å². The Hall–Kier alpha value is -2.42. The van der Waals surface area contributed by atoms with Crippen molar-refractivity contribution in [3.8, 4) is 5.75 Å². The molecule has 0 radical (unpaired) electrons. The van der Waals surface area contributed by atoms with Gasteiger partial charge in [-0.1, -0.05) is 0 Å². The first-order chi connectivity index (χ1) is 11.5. The summed E-state index contributed by atoms with van der Waals surface area (Å²) in [5, 5.41) is 1.95. The topological polar surface area (TPSA) is 51.1 Å². The monoisotopic (exact) mass is 352 g/mol. The zero-order valence-electron chi connectivity index (χ0n) is 12.2. The Kier molecular flexibility index (Phi) is 3.52. The summed E-state index contributed by atoms with van der Waals surface area (Å²) in [6.07, 6.45) is -2.04. The molecule has 0 spiro atoms. The van der Waals surface area contributed by atoms with E-state index in [1.807, 2.05) is 16.3 Å². The second-order valence-corrected chi connectivity index (χ2v) is 6.27. The highest BCUT2D eigenvalue weighted by Crippen LogP contribution is 2.33. The van der Waals surface area contributed by atoms with Crippen LogP contribution in [-0.4, -0.2) is 34.1 Å². The molecule has 0 N–H and O–H groups in total. The van der Waals surface area contributed by atoms with Gasteiger partial charge in [0.25, 0.3) is 0 Å². The van der Waals surface area contributed by atoms with Crippen LogP contribution in [0, 0.1) is 0 Å². The smallest absolute Gasteiger partial charge is 0.433 e. The van der Waals surface area contributed by atoms with Crippen molar-refractivity contribution in [1.29, 1.82) is 0 Å². The first kappa shape index (κ1) is 15.1. The third-order valence-corrected chi connectivity index (χ3v) is 4.60. The lowest BCUT2D eigenvalue weighted by Crippen LogP contribution is -2.54. The minimum atomic E-state index is -4.48. The zero-order chi connectivity index (χ0) is 16.7. The highest BCUT2D eigenvalue weighted by atomic mass is 32.1. The number of halogens is 3. The molecular formula is C15H11F3N4OS. The summed E-state index contributed by atoms with van der Waals surface area (Å²) >= 11 is 1.56. The highest BCUT2D eigenvalue weighted by Gasteiger charge is 2.34. The number of hydrogen-bond acceptors (Lipinski definition) is 6. The van der Waals surface area contributed by atoms with Crippen molar-refractivity contribution in [3.05, 3.63) is 41.8 Å². The van der Waals surface area contributed by atoms with Gasteiger partial charge < -0.3 is 9.64 Å². The molecule has 1 aliphatic heterocycles. The molecule has 3 aromatic rings. The third kappa shape index (κ3) is 2.75. The Morgan fingerprint density at radius 3 is 2.79 bits per heavy atom. The molecular weight excluding hydrogens is 341 g/mol. The molecule has 0 unspecified atom stereocenters. The Morgan fingerprint density at radius 1 is 1.17 bits per heavy atom. The second-order valence-electron chi connectivity index (χ2n) is 5.35. The van der Waals surface area contributed by atoms with Gasteiger partial charge in [-0.2, -0.15) is 13.2 Å². The van der Waals surface area contributed by atoms with Gasteiger partial charge in [0.05, 0.1) is 23.3 Å². The Balaban J connectivity index is 1.44. The molecule has 5 nitrogen and oxygen atoms in total. The van der Waals surface area contributed by atoms with Crippen LogP contribution in [0.2, 0.25) is 0 Å². The van der Waals surface area contributed by atoms with E-state index in [-0.39, 0.29) is 11.9 Å². The van der Waals surface area contributed by atoms with E-state index >= 15 is 0 Å². The number of hydrogen-bond donors (Lipinski definition) is 0. The van der Waals surface area contributed by atoms with Crippen LogP contribution in [0.25, 0.3) is 10.2 Å². The molecule has 0 bridgehead atoms. The Bertz CT molecular complexity index is 876. The van der Waals surface area contributed by atoms with Crippen LogP contribution in [0.1, 0.15) is 5.69 Å². The SMILES string of the molecule is FC(F)(F)c1cc(OC2CN(c3ncnc4ccsc34)C2)ccn1. The molecule has 9 heteroatoms. The lowest BCUT2D eigenvalue weighted by molar-refractivity contribution is -0.141. The van der Waals surface area contributed by atoms with Crippen molar-refractivity contribution in [3.63, 3.8) is 0 Å². The maximum Gasteiger partial charge on any atom is 0.433 e. The van der Waals surface area contributed by atoms with Gasteiger partial charge in [0, 0.05) is 12.3 Å². The predicted octanol–water partition coefficient (Wildman–Crippen LogP) is 3.37. The molecule has 3 aromatic heterocycles. The number of thiophene rings is 1. The second kappa shape index (κ2) is 5.59. The zero-order valence-corrected chi connectivity index (χ0v) is 13.0. The fraction of sp³-hybridized carbons (Fsp3) is 0.267. The number of fused-ring (bicyclic) bond motifs is 1.